The van der Waals surface area contributed by atoms with Gasteiger partial charge in [-0.3, -0.25) is 0 Å². The van der Waals surface area contributed by atoms with Gasteiger partial charge in [-0.25, -0.2) is 0 Å². The van der Waals surface area contributed by atoms with Crippen molar-refractivity contribution in [2.45, 2.75) is 42.4 Å². The van der Waals surface area contributed by atoms with Gasteiger partial charge in [0.1, 0.15) is 0 Å². The SMILES string of the molecule is C[C@H](CO)[C@H](O)[C@@](C)(CCc1ccc2c(c1)OCO2)Sc1ccccc1. The van der Waals surface area contributed by atoms with Gasteiger partial charge in [0.2, 0.25) is 6.79 Å². The summed E-state index contributed by atoms with van der Waals surface area (Å²) in [4.78, 5) is 1.12. The molecule has 1 heterocycles. The maximum atomic E-state index is 10.9. The molecule has 1 aliphatic rings. The van der Waals surface area contributed by atoms with Crippen LogP contribution in [0.3, 0.4) is 0 Å². The van der Waals surface area contributed by atoms with E-state index in [0.29, 0.717) is 0 Å². The highest BCUT2D eigenvalue weighted by atomic mass is 32.2. The maximum absolute atomic E-state index is 10.9. The van der Waals surface area contributed by atoms with Crippen molar-refractivity contribution >= 4 is 11.8 Å². The summed E-state index contributed by atoms with van der Waals surface area (Å²) in [5, 5.41) is 20.4. The van der Waals surface area contributed by atoms with Crippen molar-refractivity contribution in [1.82, 2.24) is 0 Å². The summed E-state index contributed by atoms with van der Waals surface area (Å²) in [6.07, 6.45) is 0.964. The summed E-state index contributed by atoms with van der Waals surface area (Å²) >= 11 is 1.67. The van der Waals surface area contributed by atoms with Gasteiger partial charge >= 0.3 is 0 Å². The number of rotatable bonds is 8. The molecule has 3 rings (SSSR count). The molecule has 3 atom stereocenters. The molecule has 2 N–H and O–H groups in total. The molecule has 26 heavy (non-hydrogen) atoms. The highest BCUT2D eigenvalue weighted by Gasteiger charge is 2.37. The van der Waals surface area contributed by atoms with Crippen LogP contribution in [0.5, 0.6) is 11.5 Å². The lowest BCUT2D eigenvalue weighted by Gasteiger charge is -2.37. The van der Waals surface area contributed by atoms with Crippen molar-refractivity contribution in [1.29, 1.82) is 0 Å². The van der Waals surface area contributed by atoms with Crippen molar-refractivity contribution in [2.24, 2.45) is 5.92 Å². The highest BCUT2D eigenvalue weighted by molar-refractivity contribution is 8.00. The molecule has 0 aliphatic carbocycles. The van der Waals surface area contributed by atoms with Crippen LogP contribution in [-0.2, 0) is 6.42 Å². The van der Waals surface area contributed by atoms with E-state index in [1.165, 1.54) is 0 Å². The van der Waals surface area contributed by atoms with Crippen LogP contribution in [0.2, 0.25) is 0 Å². The van der Waals surface area contributed by atoms with Crippen LogP contribution >= 0.6 is 11.8 Å². The maximum Gasteiger partial charge on any atom is 0.231 e. The first-order valence-corrected chi connectivity index (χ1v) is 9.75. The molecule has 2 aromatic rings. The Balaban J connectivity index is 1.76. The highest BCUT2D eigenvalue weighted by Crippen LogP contribution is 2.42. The van der Waals surface area contributed by atoms with E-state index in [-0.39, 0.29) is 19.3 Å². The van der Waals surface area contributed by atoms with Gasteiger partial charge in [0.25, 0.3) is 0 Å². The van der Waals surface area contributed by atoms with Crippen LogP contribution in [0.1, 0.15) is 25.8 Å². The number of fused-ring (bicyclic) bond motifs is 1. The fourth-order valence-electron chi connectivity index (χ4n) is 3.21. The molecule has 5 heteroatoms. The zero-order valence-corrected chi connectivity index (χ0v) is 16.0. The quantitative estimate of drug-likeness (QED) is 0.687. The fraction of sp³-hybridized carbons (Fsp3) is 0.429. The average Bonchev–Trinajstić information content (AvgIpc) is 3.13. The van der Waals surface area contributed by atoms with Crippen molar-refractivity contribution in [3.8, 4) is 11.5 Å². The summed E-state index contributed by atoms with van der Waals surface area (Å²) in [6.45, 7) is 4.20. The topological polar surface area (TPSA) is 58.9 Å². The second-order valence-corrected chi connectivity index (χ2v) is 8.63. The number of aliphatic hydroxyl groups excluding tert-OH is 2. The summed E-state index contributed by atoms with van der Waals surface area (Å²) in [6, 6.07) is 16.1. The van der Waals surface area contributed by atoms with Gasteiger partial charge in [0, 0.05) is 22.2 Å². The van der Waals surface area contributed by atoms with Crippen molar-refractivity contribution in [3.63, 3.8) is 0 Å². The Morgan fingerprint density at radius 3 is 2.58 bits per heavy atom. The lowest BCUT2D eigenvalue weighted by molar-refractivity contribution is 0.0477. The molecule has 0 amide bonds. The van der Waals surface area contributed by atoms with Gasteiger partial charge < -0.3 is 19.7 Å². The number of hydrogen-bond donors (Lipinski definition) is 2. The minimum Gasteiger partial charge on any atom is -0.454 e. The van der Waals surface area contributed by atoms with Crippen LogP contribution in [0.4, 0.5) is 0 Å². The molecule has 0 saturated heterocycles. The molecule has 0 saturated carbocycles. The molecular formula is C21H26O4S. The van der Waals surface area contributed by atoms with Gasteiger partial charge in [-0.2, -0.15) is 0 Å². The Labute approximate surface area is 159 Å². The van der Waals surface area contributed by atoms with Crippen LogP contribution < -0.4 is 9.47 Å². The smallest absolute Gasteiger partial charge is 0.231 e. The third-order valence-corrected chi connectivity index (χ3v) is 6.31. The van der Waals surface area contributed by atoms with E-state index >= 15 is 0 Å². The number of ether oxygens (including phenoxy) is 2. The standard InChI is InChI=1S/C21H26O4S/c1-15(13-22)20(23)21(2,26-17-6-4-3-5-7-17)11-10-16-8-9-18-19(12-16)25-14-24-18/h3-9,12,15,20,22-23H,10-11,13-14H2,1-2H3/t15-,20+,21-/m1/s1. The Kier molecular flexibility index (Phi) is 6.12. The number of aryl methyl sites for hydroxylation is 1. The number of aliphatic hydroxyl groups is 2. The molecule has 140 valence electrons. The molecule has 0 spiro atoms. The van der Waals surface area contributed by atoms with Crippen molar-refractivity contribution in [3.05, 3.63) is 54.1 Å². The summed E-state index contributed by atoms with van der Waals surface area (Å²) in [5.41, 5.74) is 1.15. The van der Waals surface area contributed by atoms with E-state index in [2.05, 4.69) is 19.1 Å². The second kappa shape index (κ2) is 8.33. The Morgan fingerprint density at radius 2 is 1.85 bits per heavy atom. The first-order chi connectivity index (χ1) is 12.5. The molecule has 0 bridgehead atoms. The van der Waals surface area contributed by atoms with E-state index in [1.807, 2.05) is 43.3 Å². The first kappa shape index (κ1) is 19.1. The largest absolute Gasteiger partial charge is 0.454 e. The summed E-state index contributed by atoms with van der Waals surface area (Å²) in [5.74, 6) is 1.38. The molecule has 0 radical (unpaired) electrons. The molecule has 4 nitrogen and oxygen atoms in total. The third kappa shape index (κ3) is 4.34. The monoisotopic (exact) mass is 374 g/mol. The zero-order valence-electron chi connectivity index (χ0n) is 15.2. The zero-order chi connectivity index (χ0) is 18.6. The summed E-state index contributed by atoms with van der Waals surface area (Å²) in [7, 11) is 0. The molecule has 1 aliphatic heterocycles. The van der Waals surface area contributed by atoms with E-state index in [0.717, 1.165) is 34.8 Å². The molecular weight excluding hydrogens is 348 g/mol. The summed E-state index contributed by atoms with van der Waals surface area (Å²) < 4.78 is 10.4. The van der Waals surface area contributed by atoms with Gasteiger partial charge in [-0.05, 0) is 49.6 Å². The minimum atomic E-state index is -0.619. The molecule has 0 aromatic heterocycles. The van der Waals surface area contributed by atoms with Crippen molar-refractivity contribution in [2.75, 3.05) is 13.4 Å². The predicted molar refractivity (Wildman–Crippen MR) is 104 cm³/mol. The normalized spacial score (nSPS) is 17.5. The van der Waals surface area contributed by atoms with Crippen LogP contribution in [0.25, 0.3) is 0 Å². The predicted octanol–water partition coefficient (Wildman–Crippen LogP) is 3.89. The number of thioether (sulfide) groups is 1. The van der Waals surface area contributed by atoms with Gasteiger partial charge in [0.05, 0.1) is 6.10 Å². The van der Waals surface area contributed by atoms with Crippen LogP contribution in [-0.4, -0.2) is 34.5 Å². The lowest BCUT2D eigenvalue weighted by atomic mass is 9.88. The van der Waals surface area contributed by atoms with Gasteiger partial charge in [0.15, 0.2) is 11.5 Å². The van der Waals surface area contributed by atoms with E-state index in [1.54, 1.807) is 11.8 Å². The Hall–Kier alpha value is -1.69. The molecule has 2 aromatic carbocycles. The number of benzene rings is 2. The fourth-order valence-corrected chi connectivity index (χ4v) is 4.60. The van der Waals surface area contributed by atoms with Crippen LogP contribution in [0, 0.1) is 5.92 Å². The van der Waals surface area contributed by atoms with Gasteiger partial charge in [-0.1, -0.05) is 31.2 Å². The minimum absolute atomic E-state index is 0.0316. The molecule has 0 unspecified atom stereocenters. The first-order valence-electron chi connectivity index (χ1n) is 8.93. The average molecular weight is 375 g/mol. The Morgan fingerprint density at radius 1 is 1.12 bits per heavy atom. The van der Waals surface area contributed by atoms with Gasteiger partial charge in [-0.15, -0.1) is 11.8 Å². The van der Waals surface area contributed by atoms with Crippen LogP contribution in [0.15, 0.2) is 53.4 Å². The second-order valence-electron chi connectivity index (χ2n) is 7.02. The lowest BCUT2D eigenvalue weighted by Crippen LogP contribution is -2.42. The van der Waals surface area contributed by atoms with Crippen molar-refractivity contribution < 1.29 is 19.7 Å². The Bertz CT molecular complexity index is 721. The molecule has 0 fully saturated rings. The number of hydrogen-bond acceptors (Lipinski definition) is 5. The van der Waals surface area contributed by atoms with E-state index in [4.69, 9.17) is 9.47 Å². The van der Waals surface area contributed by atoms with E-state index < -0.39 is 10.9 Å². The van der Waals surface area contributed by atoms with E-state index in [9.17, 15) is 10.2 Å². The third-order valence-electron chi connectivity index (χ3n) is 4.89.